The molecule has 0 aromatic heterocycles. The number of hydrogen-bond donors (Lipinski definition) is 3. The molecule has 1 aromatic rings. The Morgan fingerprint density at radius 3 is 2.88 bits per heavy atom. The summed E-state index contributed by atoms with van der Waals surface area (Å²) >= 11 is 5.15. The Kier molecular flexibility index (Phi) is 6.11. The summed E-state index contributed by atoms with van der Waals surface area (Å²) in [6, 6.07) is 5.63. The van der Waals surface area contributed by atoms with Crippen LogP contribution in [0.4, 0.5) is 0 Å². The average Bonchev–Trinajstić information content (AvgIpc) is 3.02. The van der Waals surface area contributed by atoms with Gasteiger partial charge in [0, 0.05) is 19.5 Å². The molecule has 3 rings (SSSR count). The molecule has 0 atom stereocenters. The topological polar surface area (TPSA) is 91.9 Å². The summed E-state index contributed by atoms with van der Waals surface area (Å²) in [5.41, 5.74) is 6.14. The molecular formula is C17H22N4O4S. The minimum absolute atomic E-state index is 0.0289. The third kappa shape index (κ3) is 4.98. The first-order chi connectivity index (χ1) is 12.6. The van der Waals surface area contributed by atoms with Gasteiger partial charge in [0.1, 0.15) is 6.54 Å². The first-order valence-corrected chi connectivity index (χ1v) is 9.01. The van der Waals surface area contributed by atoms with Crippen LogP contribution in [-0.2, 0) is 16.1 Å². The van der Waals surface area contributed by atoms with Crippen LogP contribution >= 0.6 is 12.2 Å². The fourth-order valence-corrected chi connectivity index (χ4v) is 2.95. The highest BCUT2D eigenvalue weighted by molar-refractivity contribution is 7.80. The zero-order valence-electron chi connectivity index (χ0n) is 14.4. The number of benzene rings is 1. The van der Waals surface area contributed by atoms with E-state index in [1.54, 1.807) is 4.90 Å². The van der Waals surface area contributed by atoms with Crippen LogP contribution in [0.15, 0.2) is 18.2 Å². The molecule has 140 valence electrons. The highest BCUT2D eigenvalue weighted by Crippen LogP contribution is 2.32. The second kappa shape index (κ2) is 8.70. The van der Waals surface area contributed by atoms with Gasteiger partial charge in [0.15, 0.2) is 16.6 Å². The van der Waals surface area contributed by atoms with E-state index in [2.05, 4.69) is 16.2 Å². The van der Waals surface area contributed by atoms with Gasteiger partial charge in [-0.1, -0.05) is 12.5 Å². The summed E-state index contributed by atoms with van der Waals surface area (Å²) in [5.74, 6) is 1.16. The van der Waals surface area contributed by atoms with Gasteiger partial charge in [0.25, 0.3) is 5.91 Å². The number of hydrazine groups is 1. The number of likely N-dealkylation sites (tertiary alicyclic amines) is 1. The smallest absolute Gasteiger partial charge is 0.257 e. The van der Waals surface area contributed by atoms with Crippen LogP contribution in [-0.4, -0.2) is 41.7 Å². The standard InChI is InChI=1S/C17H22N4O4S/c22-15(10-21-7-3-1-2-4-16(21)23)19-20-17(26)18-9-12-5-6-13-14(8-12)25-11-24-13/h5-6,8H,1-4,7,9-11H2,(H,19,22)(H2,18,20,26). The number of carbonyl (C=O) groups excluding carboxylic acids is 2. The molecule has 0 radical (unpaired) electrons. The molecule has 0 spiro atoms. The lowest BCUT2D eigenvalue weighted by Crippen LogP contribution is -2.50. The van der Waals surface area contributed by atoms with E-state index in [4.69, 9.17) is 21.7 Å². The number of thiocarbonyl (C=S) groups is 1. The Bertz CT molecular complexity index is 697. The van der Waals surface area contributed by atoms with E-state index in [-0.39, 0.29) is 25.2 Å². The van der Waals surface area contributed by atoms with Gasteiger partial charge in [-0.15, -0.1) is 0 Å². The molecule has 0 saturated carbocycles. The Balaban J connectivity index is 1.38. The van der Waals surface area contributed by atoms with Gasteiger partial charge < -0.3 is 19.7 Å². The number of nitrogens with one attached hydrogen (secondary N) is 3. The van der Waals surface area contributed by atoms with Crippen molar-refractivity contribution in [3.05, 3.63) is 23.8 Å². The number of nitrogens with zero attached hydrogens (tertiary/aromatic N) is 1. The number of fused-ring (bicyclic) bond motifs is 1. The first-order valence-electron chi connectivity index (χ1n) is 8.61. The molecule has 2 amide bonds. The van der Waals surface area contributed by atoms with Crippen LogP contribution in [0.25, 0.3) is 0 Å². The quantitative estimate of drug-likeness (QED) is 0.528. The lowest BCUT2D eigenvalue weighted by Gasteiger charge is -2.20. The highest BCUT2D eigenvalue weighted by Gasteiger charge is 2.19. The molecule has 1 aromatic carbocycles. The van der Waals surface area contributed by atoms with E-state index in [9.17, 15) is 9.59 Å². The molecular weight excluding hydrogens is 356 g/mol. The minimum Gasteiger partial charge on any atom is -0.454 e. The number of hydrogen-bond acceptors (Lipinski definition) is 5. The number of rotatable bonds is 4. The molecule has 26 heavy (non-hydrogen) atoms. The van der Waals surface area contributed by atoms with Crippen molar-refractivity contribution in [3.8, 4) is 11.5 Å². The summed E-state index contributed by atoms with van der Waals surface area (Å²) in [5, 5.41) is 3.29. The third-order valence-electron chi connectivity index (χ3n) is 4.21. The molecule has 0 aliphatic carbocycles. The van der Waals surface area contributed by atoms with Crippen LogP contribution in [0, 0.1) is 0 Å². The molecule has 2 heterocycles. The van der Waals surface area contributed by atoms with Crippen LogP contribution in [0.1, 0.15) is 31.2 Å². The number of amides is 2. The third-order valence-corrected chi connectivity index (χ3v) is 4.46. The maximum Gasteiger partial charge on any atom is 0.257 e. The Morgan fingerprint density at radius 1 is 1.15 bits per heavy atom. The lowest BCUT2D eigenvalue weighted by molar-refractivity contribution is -0.135. The summed E-state index contributed by atoms with van der Waals surface area (Å²) in [6.45, 7) is 1.37. The molecule has 2 aliphatic rings. The van der Waals surface area contributed by atoms with Crippen molar-refractivity contribution in [2.75, 3.05) is 19.9 Å². The largest absolute Gasteiger partial charge is 0.454 e. The van der Waals surface area contributed by atoms with Gasteiger partial charge in [-0.25, -0.2) is 0 Å². The summed E-state index contributed by atoms with van der Waals surface area (Å²) < 4.78 is 10.6. The van der Waals surface area contributed by atoms with Gasteiger partial charge in [0.05, 0.1) is 0 Å². The average molecular weight is 378 g/mol. The normalized spacial score (nSPS) is 16.0. The Labute approximate surface area is 157 Å². The van der Waals surface area contributed by atoms with Crippen molar-refractivity contribution in [1.82, 2.24) is 21.1 Å². The van der Waals surface area contributed by atoms with Crippen molar-refractivity contribution in [3.63, 3.8) is 0 Å². The molecule has 8 nitrogen and oxygen atoms in total. The maximum absolute atomic E-state index is 12.0. The minimum atomic E-state index is -0.299. The number of carbonyl (C=O) groups is 2. The molecule has 1 fully saturated rings. The van der Waals surface area contributed by atoms with Crippen molar-refractivity contribution in [2.45, 2.75) is 32.2 Å². The predicted octanol–water partition coefficient (Wildman–Crippen LogP) is 0.813. The summed E-state index contributed by atoms with van der Waals surface area (Å²) in [7, 11) is 0. The Hall–Kier alpha value is -2.55. The van der Waals surface area contributed by atoms with Crippen molar-refractivity contribution >= 4 is 29.1 Å². The van der Waals surface area contributed by atoms with E-state index in [0.29, 0.717) is 30.4 Å². The van der Waals surface area contributed by atoms with Gasteiger partial charge in [0.2, 0.25) is 12.7 Å². The summed E-state index contributed by atoms with van der Waals surface area (Å²) in [6.07, 6.45) is 3.36. The molecule has 0 unspecified atom stereocenters. The summed E-state index contributed by atoms with van der Waals surface area (Å²) in [4.78, 5) is 25.5. The van der Waals surface area contributed by atoms with Crippen LogP contribution in [0.3, 0.4) is 0 Å². The molecule has 1 saturated heterocycles. The fraction of sp³-hybridized carbons (Fsp3) is 0.471. The van der Waals surface area contributed by atoms with Gasteiger partial charge >= 0.3 is 0 Å². The SMILES string of the molecule is O=C(CN1CCCCCC1=O)NNC(=S)NCc1ccc2c(c1)OCO2. The molecule has 3 N–H and O–H groups in total. The first kappa shape index (κ1) is 18.2. The lowest BCUT2D eigenvalue weighted by atomic mass is 10.2. The fourth-order valence-electron chi connectivity index (χ4n) is 2.82. The maximum atomic E-state index is 12.0. The second-order valence-corrected chi connectivity index (χ2v) is 6.58. The van der Waals surface area contributed by atoms with Gasteiger partial charge in [-0.05, 0) is 42.8 Å². The van der Waals surface area contributed by atoms with E-state index in [0.717, 1.165) is 30.6 Å². The highest BCUT2D eigenvalue weighted by atomic mass is 32.1. The second-order valence-electron chi connectivity index (χ2n) is 6.17. The molecule has 9 heteroatoms. The van der Waals surface area contributed by atoms with Gasteiger partial charge in [-0.2, -0.15) is 0 Å². The van der Waals surface area contributed by atoms with Crippen LogP contribution < -0.4 is 25.6 Å². The number of ether oxygens (including phenoxy) is 2. The zero-order valence-corrected chi connectivity index (χ0v) is 15.2. The zero-order chi connectivity index (χ0) is 18.4. The van der Waals surface area contributed by atoms with Crippen molar-refractivity contribution in [2.24, 2.45) is 0 Å². The van der Waals surface area contributed by atoms with E-state index in [1.165, 1.54) is 0 Å². The van der Waals surface area contributed by atoms with Crippen LogP contribution in [0.2, 0.25) is 0 Å². The molecule has 2 aliphatic heterocycles. The van der Waals surface area contributed by atoms with E-state index < -0.39 is 0 Å². The van der Waals surface area contributed by atoms with Crippen molar-refractivity contribution in [1.29, 1.82) is 0 Å². The monoisotopic (exact) mass is 378 g/mol. The Morgan fingerprint density at radius 2 is 2.00 bits per heavy atom. The van der Waals surface area contributed by atoms with Gasteiger partial charge in [-0.3, -0.25) is 20.4 Å². The molecule has 0 bridgehead atoms. The predicted molar refractivity (Wildman–Crippen MR) is 98.3 cm³/mol. The van der Waals surface area contributed by atoms with E-state index >= 15 is 0 Å². The van der Waals surface area contributed by atoms with Crippen LogP contribution in [0.5, 0.6) is 11.5 Å². The van der Waals surface area contributed by atoms with E-state index in [1.807, 2.05) is 18.2 Å². The van der Waals surface area contributed by atoms with Crippen molar-refractivity contribution < 1.29 is 19.1 Å².